The molecular formula is C23H29FN2O4. The van der Waals surface area contributed by atoms with Crippen molar-refractivity contribution in [2.24, 2.45) is 11.8 Å². The molecule has 6 nitrogen and oxygen atoms in total. The number of aromatic nitrogens is 1. The summed E-state index contributed by atoms with van der Waals surface area (Å²) in [4.78, 5) is 16.9. The second-order valence-electron chi connectivity index (χ2n) is 8.13. The van der Waals surface area contributed by atoms with E-state index in [1.54, 1.807) is 19.4 Å². The third-order valence-corrected chi connectivity index (χ3v) is 6.74. The summed E-state index contributed by atoms with van der Waals surface area (Å²) in [7, 11) is 3.14. The summed E-state index contributed by atoms with van der Waals surface area (Å²) in [5.74, 6) is 0.678. The van der Waals surface area contributed by atoms with E-state index < -0.39 is 0 Å². The van der Waals surface area contributed by atoms with E-state index in [9.17, 15) is 9.18 Å². The Labute approximate surface area is 176 Å². The lowest BCUT2D eigenvalue weighted by molar-refractivity contribution is -0.128. The quantitative estimate of drug-likeness (QED) is 0.547. The minimum absolute atomic E-state index is 0.193. The van der Waals surface area contributed by atoms with Crippen LogP contribution in [-0.4, -0.2) is 50.3 Å². The maximum Gasteiger partial charge on any atom is 0.293 e. The van der Waals surface area contributed by atoms with E-state index in [0.29, 0.717) is 18.1 Å². The van der Waals surface area contributed by atoms with Gasteiger partial charge in [-0.1, -0.05) is 13.3 Å². The lowest BCUT2D eigenvalue weighted by atomic mass is 9.74. The zero-order chi connectivity index (χ0) is 21.3. The number of benzene rings is 1. The van der Waals surface area contributed by atoms with Gasteiger partial charge in [-0.25, -0.2) is 4.39 Å². The van der Waals surface area contributed by atoms with Gasteiger partial charge in [-0.3, -0.25) is 9.69 Å². The number of carbonyl (C=O) groups is 1. The molecule has 7 heteroatoms. The van der Waals surface area contributed by atoms with Crippen molar-refractivity contribution >= 4 is 17.4 Å². The summed E-state index contributed by atoms with van der Waals surface area (Å²) >= 11 is 0. The Hall–Kier alpha value is -2.54. The van der Waals surface area contributed by atoms with Gasteiger partial charge in [-0.15, -0.1) is 0 Å². The summed E-state index contributed by atoms with van der Waals surface area (Å²) < 4.78 is 30.1. The minimum Gasteiger partial charge on any atom is -0.504 e. The molecule has 3 heterocycles. The lowest BCUT2D eigenvalue weighted by Crippen LogP contribution is -2.46. The Bertz CT molecular complexity index is 954. The summed E-state index contributed by atoms with van der Waals surface area (Å²) in [6.07, 6.45) is 4.51. The molecule has 1 aromatic heterocycles. The number of rotatable bonds is 7. The van der Waals surface area contributed by atoms with Gasteiger partial charge in [-0.05, 0) is 42.4 Å². The molecule has 0 bridgehead atoms. The van der Waals surface area contributed by atoms with Gasteiger partial charge in [0.05, 0.1) is 26.5 Å². The lowest BCUT2D eigenvalue weighted by Gasteiger charge is -2.46. The molecule has 30 heavy (non-hydrogen) atoms. The van der Waals surface area contributed by atoms with Crippen molar-refractivity contribution in [2.75, 3.05) is 33.9 Å². The first-order chi connectivity index (χ1) is 14.6. The van der Waals surface area contributed by atoms with Crippen molar-refractivity contribution in [1.82, 2.24) is 9.88 Å². The highest BCUT2D eigenvalue weighted by Gasteiger charge is 2.41. The van der Waals surface area contributed by atoms with E-state index in [4.69, 9.17) is 14.2 Å². The number of hydrogen-bond donors (Lipinski definition) is 1. The molecule has 0 aliphatic carbocycles. The Morgan fingerprint density at radius 1 is 1.37 bits per heavy atom. The fourth-order valence-corrected chi connectivity index (χ4v) is 5.38. The van der Waals surface area contributed by atoms with Crippen LogP contribution in [-0.2, 0) is 20.7 Å². The zero-order valence-electron chi connectivity index (χ0n) is 17.7. The van der Waals surface area contributed by atoms with Gasteiger partial charge >= 0.3 is 0 Å². The van der Waals surface area contributed by atoms with E-state index in [2.05, 4.69) is 16.8 Å². The highest BCUT2D eigenvalue weighted by molar-refractivity contribution is 5.91. The Morgan fingerprint density at radius 3 is 2.90 bits per heavy atom. The zero-order valence-corrected chi connectivity index (χ0v) is 17.7. The topological polar surface area (TPSA) is 63.8 Å². The van der Waals surface area contributed by atoms with E-state index >= 15 is 0 Å². The summed E-state index contributed by atoms with van der Waals surface area (Å²) in [6, 6.07) is 3.44. The monoisotopic (exact) mass is 416 g/mol. The Morgan fingerprint density at radius 2 is 2.20 bits per heavy atom. The molecule has 2 aliphatic rings. The van der Waals surface area contributed by atoms with Crippen LogP contribution >= 0.6 is 0 Å². The second kappa shape index (κ2) is 8.68. The Kier molecular flexibility index (Phi) is 5.99. The summed E-state index contributed by atoms with van der Waals surface area (Å²) in [6.45, 7) is 4.82. The predicted octanol–water partition coefficient (Wildman–Crippen LogP) is 3.96. The first-order valence-corrected chi connectivity index (χ1v) is 10.5. The number of ether oxygens (including phenoxy) is 3. The minimum atomic E-state index is -0.335. The SMILES string of the molecule is CC[C@@H]1CN2CCc3c([nH]c4ccc(F)c(OC)c34)[C@@H]2C[C@@H]1/C(=C\OC)COC=O. The molecule has 1 N–H and O–H groups in total. The third kappa shape index (κ3) is 3.45. The fraction of sp³-hybridized carbons (Fsp3) is 0.522. The van der Waals surface area contributed by atoms with Crippen molar-refractivity contribution in [3.8, 4) is 5.75 Å². The van der Waals surface area contributed by atoms with Crippen molar-refractivity contribution < 1.29 is 23.4 Å². The van der Waals surface area contributed by atoms with Gasteiger partial charge < -0.3 is 19.2 Å². The van der Waals surface area contributed by atoms with E-state index in [0.717, 1.165) is 60.1 Å². The van der Waals surface area contributed by atoms with Crippen molar-refractivity contribution in [3.63, 3.8) is 0 Å². The number of nitrogens with one attached hydrogen (secondary N) is 1. The van der Waals surface area contributed by atoms with Crippen LogP contribution < -0.4 is 4.74 Å². The summed E-state index contributed by atoms with van der Waals surface area (Å²) in [5.41, 5.74) is 4.21. The van der Waals surface area contributed by atoms with E-state index in [-0.39, 0.29) is 24.4 Å². The number of piperidine rings is 1. The highest BCUT2D eigenvalue weighted by Crippen LogP contribution is 2.47. The molecule has 0 spiro atoms. The van der Waals surface area contributed by atoms with Crippen molar-refractivity contribution in [3.05, 3.63) is 41.0 Å². The van der Waals surface area contributed by atoms with Crippen LogP contribution in [0.5, 0.6) is 5.75 Å². The number of hydrogen-bond acceptors (Lipinski definition) is 5. The number of nitrogens with zero attached hydrogens (tertiary/aromatic N) is 1. The molecular weight excluding hydrogens is 387 g/mol. The number of H-pyrrole nitrogens is 1. The van der Waals surface area contributed by atoms with E-state index in [1.165, 1.54) is 13.2 Å². The normalized spacial score (nSPS) is 24.3. The standard InChI is InChI=1S/C23H29FN2O4/c1-4-14-10-26-8-7-16-21-19(6-5-18(24)23(21)29-3)25-22(16)20(26)9-17(14)15(11-28-2)12-30-13-27/h5-6,11,13-14,17,20,25H,4,7-10,12H2,1-3H3/b15-11-/t14-,17+,20+/m1/s1. The molecule has 0 radical (unpaired) electrons. The molecule has 1 fully saturated rings. The van der Waals surface area contributed by atoms with Gasteiger partial charge in [-0.2, -0.15) is 0 Å². The molecule has 4 rings (SSSR count). The molecule has 1 saturated heterocycles. The van der Waals surface area contributed by atoms with Crippen LogP contribution in [0.2, 0.25) is 0 Å². The van der Waals surface area contributed by atoms with Crippen LogP contribution in [0.4, 0.5) is 4.39 Å². The fourth-order valence-electron chi connectivity index (χ4n) is 5.38. The molecule has 2 aliphatic heterocycles. The predicted molar refractivity (Wildman–Crippen MR) is 112 cm³/mol. The largest absolute Gasteiger partial charge is 0.504 e. The number of carbonyl (C=O) groups excluding carboxylic acids is 1. The average Bonchev–Trinajstić information content (AvgIpc) is 3.15. The van der Waals surface area contributed by atoms with Crippen molar-refractivity contribution in [2.45, 2.75) is 32.2 Å². The highest BCUT2D eigenvalue weighted by atomic mass is 19.1. The number of methoxy groups -OCH3 is 2. The van der Waals surface area contributed by atoms with E-state index in [1.807, 2.05) is 0 Å². The molecule has 0 unspecified atom stereocenters. The molecule has 0 amide bonds. The van der Waals surface area contributed by atoms with Crippen LogP contribution in [0.3, 0.4) is 0 Å². The first kappa shape index (κ1) is 20.7. The molecule has 162 valence electrons. The first-order valence-electron chi connectivity index (χ1n) is 10.5. The van der Waals surface area contributed by atoms with Crippen molar-refractivity contribution in [1.29, 1.82) is 0 Å². The third-order valence-electron chi connectivity index (χ3n) is 6.74. The maximum atomic E-state index is 14.4. The maximum absolute atomic E-state index is 14.4. The van der Waals surface area contributed by atoms with Gasteiger partial charge in [0, 0.05) is 35.3 Å². The molecule has 2 aromatic rings. The molecule has 0 saturated carbocycles. The smallest absolute Gasteiger partial charge is 0.293 e. The van der Waals surface area contributed by atoms with Crippen LogP contribution in [0, 0.1) is 17.7 Å². The number of aromatic amines is 1. The van der Waals surface area contributed by atoms with Crippen LogP contribution in [0.25, 0.3) is 10.9 Å². The average molecular weight is 416 g/mol. The number of fused-ring (bicyclic) bond motifs is 5. The van der Waals surface area contributed by atoms with Gasteiger partial charge in [0.2, 0.25) is 0 Å². The van der Waals surface area contributed by atoms with Gasteiger partial charge in [0.15, 0.2) is 11.6 Å². The van der Waals surface area contributed by atoms with Crippen LogP contribution in [0.1, 0.15) is 37.1 Å². The molecule has 1 aromatic carbocycles. The van der Waals surface area contributed by atoms with Crippen LogP contribution in [0.15, 0.2) is 24.0 Å². The molecule has 3 atom stereocenters. The summed E-state index contributed by atoms with van der Waals surface area (Å²) in [5, 5.41) is 0.860. The van der Waals surface area contributed by atoms with Gasteiger partial charge in [0.25, 0.3) is 6.47 Å². The Balaban J connectivity index is 1.74. The van der Waals surface area contributed by atoms with Gasteiger partial charge in [0.1, 0.15) is 6.61 Å². The number of halogens is 1. The second-order valence-corrected chi connectivity index (χ2v) is 8.13.